The summed E-state index contributed by atoms with van der Waals surface area (Å²) in [5.74, 6) is -0.656. The molecule has 0 aromatic heterocycles. The molecule has 16 heavy (non-hydrogen) atoms. The maximum atomic E-state index is 13.0. The minimum atomic E-state index is -0.485. The molecule has 0 heterocycles. The third-order valence-corrected chi connectivity index (χ3v) is 1.83. The van der Waals surface area contributed by atoms with Crippen molar-refractivity contribution >= 4 is 5.97 Å². The van der Waals surface area contributed by atoms with Crippen molar-refractivity contribution in [3.05, 3.63) is 29.6 Å². The number of ether oxygens (including phenoxy) is 2. The first-order valence-electron chi connectivity index (χ1n) is 4.93. The minimum Gasteiger partial charge on any atom is -0.482 e. The Bertz CT molecular complexity index is 368. The summed E-state index contributed by atoms with van der Waals surface area (Å²) in [4.78, 5) is 11.0. The molecule has 4 nitrogen and oxygen atoms in total. The molecule has 0 radical (unpaired) electrons. The van der Waals surface area contributed by atoms with Crippen LogP contribution in [-0.4, -0.2) is 19.2 Å². The zero-order valence-electron chi connectivity index (χ0n) is 9.03. The lowest BCUT2D eigenvalue weighted by molar-refractivity contribution is -0.145. The molecule has 0 aliphatic heterocycles. The Morgan fingerprint density at radius 2 is 2.19 bits per heavy atom. The normalized spacial score (nSPS) is 9.94. The fraction of sp³-hybridized carbons (Fsp3) is 0.364. The Morgan fingerprint density at radius 3 is 2.81 bits per heavy atom. The predicted molar refractivity (Wildman–Crippen MR) is 56.4 cm³/mol. The molecule has 2 N–H and O–H groups in total. The number of carbonyl (C=O) groups excluding carboxylic acids is 1. The zero-order chi connectivity index (χ0) is 12.0. The van der Waals surface area contributed by atoms with Gasteiger partial charge in [-0.1, -0.05) is 0 Å². The van der Waals surface area contributed by atoms with Crippen LogP contribution in [0.4, 0.5) is 4.39 Å². The van der Waals surface area contributed by atoms with E-state index in [-0.39, 0.29) is 18.9 Å². The fourth-order valence-electron chi connectivity index (χ4n) is 1.17. The largest absolute Gasteiger partial charge is 0.482 e. The molecule has 0 spiro atoms. The SMILES string of the molecule is CCOC(=O)COc1cc(F)cc(CN)c1. The van der Waals surface area contributed by atoms with E-state index >= 15 is 0 Å². The number of hydrogen-bond acceptors (Lipinski definition) is 4. The molecule has 0 bridgehead atoms. The Hall–Kier alpha value is -1.62. The summed E-state index contributed by atoms with van der Waals surface area (Å²) in [5.41, 5.74) is 5.99. The van der Waals surface area contributed by atoms with Crippen molar-refractivity contribution in [2.45, 2.75) is 13.5 Å². The van der Waals surface area contributed by atoms with Gasteiger partial charge in [-0.15, -0.1) is 0 Å². The summed E-state index contributed by atoms with van der Waals surface area (Å²) in [6, 6.07) is 4.10. The Morgan fingerprint density at radius 1 is 1.44 bits per heavy atom. The van der Waals surface area contributed by atoms with E-state index in [4.69, 9.17) is 10.5 Å². The number of nitrogens with two attached hydrogens (primary N) is 1. The third kappa shape index (κ3) is 3.86. The summed E-state index contributed by atoms with van der Waals surface area (Å²) in [7, 11) is 0. The summed E-state index contributed by atoms with van der Waals surface area (Å²) < 4.78 is 22.8. The molecule has 1 rings (SSSR count). The molecule has 0 saturated heterocycles. The molecule has 0 atom stereocenters. The number of benzene rings is 1. The van der Waals surface area contributed by atoms with Crippen LogP contribution in [0.5, 0.6) is 5.75 Å². The van der Waals surface area contributed by atoms with Gasteiger partial charge in [-0.3, -0.25) is 0 Å². The summed E-state index contributed by atoms with van der Waals surface area (Å²) in [6.07, 6.45) is 0. The van der Waals surface area contributed by atoms with E-state index in [2.05, 4.69) is 4.74 Å². The van der Waals surface area contributed by atoms with Crippen molar-refractivity contribution in [3.8, 4) is 5.75 Å². The van der Waals surface area contributed by atoms with Crippen molar-refractivity contribution in [2.75, 3.05) is 13.2 Å². The van der Waals surface area contributed by atoms with Gasteiger partial charge in [-0.25, -0.2) is 9.18 Å². The van der Waals surface area contributed by atoms with E-state index in [1.165, 1.54) is 12.1 Å². The molecule has 0 fully saturated rings. The minimum absolute atomic E-state index is 0.216. The molecule has 5 heteroatoms. The van der Waals surface area contributed by atoms with Crippen LogP contribution >= 0.6 is 0 Å². The van der Waals surface area contributed by atoms with Crippen LogP contribution in [0.3, 0.4) is 0 Å². The van der Waals surface area contributed by atoms with E-state index in [0.717, 1.165) is 0 Å². The lowest BCUT2D eigenvalue weighted by Crippen LogP contribution is -2.14. The second-order valence-corrected chi connectivity index (χ2v) is 3.09. The van der Waals surface area contributed by atoms with Crippen LogP contribution in [-0.2, 0) is 16.1 Å². The van der Waals surface area contributed by atoms with Crippen LogP contribution in [0.15, 0.2) is 18.2 Å². The lowest BCUT2D eigenvalue weighted by Gasteiger charge is -2.07. The lowest BCUT2D eigenvalue weighted by atomic mass is 10.2. The molecule has 0 saturated carbocycles. The van der Waals surface area contributed by atoms with Gasteiger partial charge in [0.05, 0.1) is 6.61 Å². The highest BCUT2D eigenvalue weighted by atomic mass is 19.1. The zero-order valence-corrected chi connectivity index (χ0v) is 9.03. The van der Waals surface area contributed by atoms with Crippen LogP contribution in [0.2, 0.25) is 0 Å². The highest BCUT2D eigenvalue weighted by Gasteiger charge is 2.05. The molecular formula is C11H14FNO3. The van der Waals surface area contributed by atoms with Crippen molar-refractivity contribution in [3.63, 3.8) is 0 Å². The maximum Gasteiger partial charge on any atom is 0.344 e. The predicted octanol–water partition coefficient (Wildman–Crippen LogP) is 1.23. The number of esters is 1. The van der Waals surface area contributed by atoms with E-state index in [1.54, 1.807) is 13.0 Å². The highest BCUT2D eigenvalue weighted by molar-refractivity contribution is 5.71. The second-order valence-electron chi connectivity index (χ2n) is 3.09. The smallest absolute Gasteiger partial charge is 0.344 e. The molecule has 1 aromatic rings. The van der Waals surface area contributed by atoms with Gasteiger partial charge in [0.15, 0.2) is 6.61 Å². The van der Waals surface area contributed by atoms with Gasteiger partial charge in [-0.05, 0) is 24.6 Å². The maximum absolute atomic E-state index is 13.0. The fourth-order valence-corrected chi connectivity index (χ4v) is 1.17. The number of carbonyl (C=O) groups is 1. The third-order valence-electron chi connectivity index (χ3n) is 1.83. The molecule has 0 aliphatic rings. The van der Waals surface area contributed by atoms with Gasteiger partial charge >= 0.3 is 5.97 Å². The quantitative estimate of drug-likeness (QED) is 0.768. The van der Waals surface area contributed by atoms with Crippen molar-refractivity contribution in [1.29, 1.82) is 0 Å². The standard InChI is InChI=1S/C11H14FNO3/c1-2-15-11(14)7-16-10-4-8(6-13)3-9(12)5-10/h3-5H,2,6-7,13H2,1H3. The number of halogens is 1. The van der Waals surface area contributed by atoms with Gasteiger partial charge in [0.2, 0.25) is 0 Å². The van der Waals surface area contributed by atoms with E-state index in [0.29, 0.717) is 12.2 Å². The number of hydrogen-bond donors (Lipinski definition) is 1. The van der Waals surface area contributed by atoms with Crippen LogP contribution < -0.4 is 10.5 Å². The molecular weight excluding hydrogens is 213 g/mol. The van der Waals surface area contributed by atoms with Crippen LogP contribution in [0, 0.1) is 5.82 Å². The van der Waals surface area contributed by atoms with Crippen molar-refractivity contribution in [2.24, 2.45) is 5.73 Å². The molecule has 1 aromatic carbocycles. The molecule has 0 unspecified atom stereocenters. The Labute approximate surface area is 93.2 Å². The molecule has 0 amide bonds. The second kappa shape index (κ2) is 6.07. The van der Waals surface area contributed by atoms with Gasteiger partial charge in [0.1, 0.15) is 11.6 Å². The molecule has 88 valence electrons. The number of rotatable bonds is 5. The Kier molecular flexibility index (Phi) is 4.72. The first-order valence-corrected chi connectivity index (χ1v) is 4.93. The van der Waals surface area contributed by atoms with E-state index in [1.807, 2.05) is 0 Å². The van der Waals surface area contributed by atoms with Crippen LogP contribution in [0.1, 0.15) is 12.5 Å². The van der Waals surface area contributed by atoms with Gasteiger partial charge in [0.25, 0.3) is 0 Å². The first kappa shape index (κ1) is 12.4. The summed E-state index contributed by atoms with van der Waals surface area (Å²) in [6.45, 7) is 1.97. The summed E-state index contributed by atoms with van der Waals surface area (Å²) >= 11 is 0. The average molecular weight is 227 g/mol. The average Bonchev–Trinajstić information content (AvgIpc) is 2.26. The van der Waals surface area contributed by atoms with Crippen molar-refractivity contribution < 1.29 is 18.7 Å². The van der Waals surface area contributed by atoms with E-state index in [9.17, 15) is 9.18 Å². The highest BCUT2D eigenvalue weighted by Crippen LogP contribution is 2.16. The van der Waals surface area contributed by atoms with Gasteiger partial charge in [0, 0.05) is 12.6 Å². The Balaban J connectivity index is 2.59. The van der Waals surface area contributed by atoms with Gasteiger partial charge in [-0.2, -0.15) is 0 Å². The topological polar surface area (TPSA) is 61.5 Å². The van der Waals surface area contributed by atoms with Crippen LogP contribution in [0.25, 0.3) is 0 Å². The van der Waals surface area contributed by atoms with Gasteiger partial charge < -0.3 is 15.2 Å². The monoisotopic (exact) mass is 227 g/mol. The molecule has 0 aliphatic carbocycles. The first-order chi connectivity index (χ1) is 7.65. The summed E-state index contributed by atoms with van der Waals surface area (Å²) in [5, 5.41) is 0. The van der Waals surface area contributed by atoms with Crippen molar-refractivity contribution in [1.82, 2.24) is 0 Å². The van der Waals surface area contributed by atoms with E-state index < -0.39 is 11.8 Å².